The van der Waals surface area contributed by atoms with Gasteiger partial charge in [0, 0.05) is 19.1 Å². The van der Waals surface area contributed by atoms with Crippen molar-refractivity contribution in [3.8, 4) is 0 Å². The van der Waals surface area contributed by atoms with Crippen LogP contribution in [0.5, 0.6) is 0 Å². The van der Waals surface area contributed by atoms with Gasteiger partial charge in [-0.1, -0.05) is 13.8 Å². The average molecular weight is 213 g/mol. The van der Waals surface area contributed by atoms with E-state index in [4.69, 9.17) is 0 Å². The normalized spacial score (nSPS) is 20.4. The third-order valence-electron chi connectivity index (χ3n) is 3.58. The van der Waals surface area contributed by atoms with E-state index >= 15 is 0 Å². The molecule has 1 saturated heterocycles. The van der Waals surface area contributed by atoms with Crippen LogP contribution in [0.4, 0.5) is 0 Å². The first-order valence-corrected chi connectivity index (χ1v) is 6.28. The van der Waals surface area contributed by atoms with E-state index in [9.17, 15) is 0 Å². The van der Waals surface area contributed by atoms with Crippen molar-refractivity contribution in [1.82, 2.24) is 14.7 Å². The summed E-state index contributed by atoms with van der Waals surface area (Å²) in [7, 11) is 4.40. The Morgan fingerprint density at radius 3 is 2.00 bits per heavy atom. The molecule has 0 saturated carbocycles. The average Bonchev–Trinajstić information content (AvgIpc) is 2.26. The third-order valence-corrected chi connectivity index (χ3v) is 3.58. The van der Waals surface area contributed by atoms with Crippen LogP contribution in [0.25, 0.3) is 0 Å². The van der Waals surface area contributed by atoms with Crippen molar-refractivity contribution in [3.05, 3.63) is 0 Å². The minimum Gasteiger partial charge on any atom is -0.306 e. The van der Waals surface area contributed by atoms with Gasteiger partial charge in [0.25, 0.3) is 0 Å². The number of hydrogen-bond donors (Lipinski definition) is 0. The first-order chi connectivity index (χ1) is 7.17. The number of hydrogen-bond acceptors (Lipinski definition) is 3. The molecule has 1 fully saturated rings. The van der Waals surface area contributed by atoms with Crippen molar-refractivity contribution >= 4 is 0 Å². The Hall–Kier alpha value is -0.120. The molecule has 1 heterocycles. The topological polar surface area (TPSA) is 9.72 Å². The fourth-order valence-electron chi connectivity index (χ4n) is 2.28. The second-order valence-corrected chi connectivity index (χ2v) is 4.76. The zero-order valence-electron chi connectivity index (χ0n) is 10.9. The van der Waals surface area contributed by atoms with Gasteiger partial charge in [-0.2, -0.15) is 0 Å². The van der Waals surface area contributed by atoms with Crippen LogP contribution in [0.3, 0.4) is 0 Å². The van der Waals surface area contributed by atoms with Gasteiger partial charge >= 0.3 is 0 Å². The first kappa shape index (κ1) is 12.9. The Labute approximate surface area is 95.0 Å². The summed E-state index contributed by atoms with van der Waals surface area (Å²) < 4.78 is 0. The van der Waals surface area contributed by atoms with E-state index in [0.717, 1.165) is 12.7 Å². The number of nitrogens with zero attached hydrogens (tertiary/aromatic N) is 3. The fraction of sp³-hybridized carbons (Fsp3) is 1.00. The Balaban J connectivity index is 2.25. The van der Waals surface area contributed by atoms with Crippen molar-refractivity contribution in [2.24, 2.45) is 0 Å². The Kier molecular flexibility index (Phi) is 5.58. The van der Waals surface area contributed by atoms with E-state index in [2.05, 4.69) is 42.6 Å². The highest BCUT2D eigenvalue weighted by Gasteiger charge is 2.20. The van der Waals surface area contributed by atoms with Gasteiger partial charge in [0.15, 0.2) is 0 Å². The quantitative estimate of drug-likeness (QED) is 0.682. The molecule has 3 nitrogen and oxygen atoms in total. The molecule has 1 aliphatic heterocycles. The molecule has 1 aliphatic rings. The molecule has 1 rings (SSSR count). The SMILES string of the molecule is CCN(CC)CN1CCC(N(C)C)CC1. The second kappa shape index (κ2) is 6.46. The number of piperidine rings is 1. The standard InChI is InChI=1S/C12H27N3/c1-5-14(6-2)11-15-9-7-12(8-10-15)13(3)4/h12H,5-11H2,1-4H3. The Morgan fingerprint density at radius 2 is 1.60 bits per heavy atom. The predicted molar refractivity (Wildman–Crippen MR) is 66.1 cm³/mol. The van der Waals surface area contributed by atoms with Crippen LogP contribution in [0, 0.1) is 0 Å². The van der Waals surface area contributed by atoms with Gasteiger partial charge in [0.2, 0.25) is 0 Å². The molecule has 0 amide bonds. The zero-order chi connectivity index (χ0) is 11.3. The molecule has 0 bridgehead atoms. The van der Waals surface area contributed by atoms with Gasteiger partial charge in [-0.25, -0.2) is 0 Å². The second-order valence-electron chi connectivity index (χ2n) is 4.76. The molecular weight excluding hydrogens is 186 g/mol. The predicted octanol–water partition coefficient (Wildman–Crippen LogP) is 1.31. The highest BCUT2D eigenvalue weighted by Crippen LogP contribution is 2.14. The summed E-state index contributed by atoms with van der Waals surface area (Å²) in [5.74, 6) is 0. The van der Waals surface area contributed by atoms with E-state index in [-0.39, 0.29) is 0 Å². The molecular formula is C12H27N3. The van der Waals surface area contributed by atoms with Crippen LogP contribution in [-0.2, 0) is 0 Å². The smallest absolute Gasteiger partial charge is 0.0505 e. The van der Waals surface area contributed by atoms with Gasteiger partial charge in [0.05, 0.1) is 6.67 Å². The summed E-state index contributed by atoms with van der Waals surface area (Å²) in [6.45, 7) is 10.5. The van der Waals surface area contributed by atoms with E-state index in [1.54, 1.807) is 0 Å². The molecule has 0 aliphatic carbocycles. The maximum Gasteiger partial charge on any atom is 0.0505 e. The van der Waals surface area contributed by atoms with Gasteiger partial charge in [-0.05, 0) is 40.0 Å². The molecule has 0 atom stereocenters. The lowest BCUT2D eigenvalue weighted by molar-refractivity contribution is 0.0877. The van der Waals surface area contributed by atoms with E-state index < -0.39 is 0 Å². The molecule has 90 valence electrons. The summed E-state index contributed by atoms with van der Waals surface area (Å²) in [5.41, 5.74) is 0. The minimum absolute atomic E-state index is 0.804. The van der Waals surface area contributed by atoms with Gasteiger partial charge in [-0.3, -0.25) is 9.80 Å². The van der Waals surface area contributed by atoms with Gasteiger partial charge in [-0.15, -0.1) is 0 Å². The van der Waals surface area contributed by atoms with E-state index in [0.29, 0.717) is 0 Å². The van der Waals surface area contributed by atoms with E-state index in [1.807, 2.05) is 0 Å². The van der Waals surface area contributed by atoms with Crippen molar-refractivity contribution in [2.45, 2.75) is 32.7 Å². The summed E-state index contributed by atoms with van der Waals surface area (Å²) >= 11 is 0. The molecule has 0 aromatic carbocycles. The van der Waals surface area contributed by atoms with Crippen LogP contribution in [-0.4, -0.2) is 67.7 Å². The maximum atomic E-state index is 2.59. The Bertz CT molecular complexity index is 158. The highest BCUT2D eigenvalue weighted by molar-refractivity contribution is 4.76. The lowest BCUT2D eigenvalue weighted by Crippen LogP contribution is -2.46. The van der Waals surface area contributed by atoms with Crippen LogP contribution in [0.2, 0.25) is 0 Å². The third kappa shape index (κ3) is 4.09. The zero-order valence-corrected chi connectivity index (χ0v) is 10.9. The van der Waals surface area contributed by atoms with Crippen molar-refractivity contribution < 1.29 is 0 Å². The van der Waals surface area contributed by atoms with Crippen LogP contribution in [0.15, 0.2) is 0 Å². The monoisotopic (exact) mass is 213 g/mol. The lowest BCUT2D eigenvalue weighted by atomic mass is 10.0. The molecule has 3 heteroatoms. The molecule has 0 radical (unpaired) electrons. The summed E-state index contributed by atoms with van der Waals surface area (Å²) in [6, 6.07) is 0.804. The minimum atomic E-state index is 0.804. The first-order valence-electron chi connectivity index (χ1n) is 6.28. The molecule has 0 aromatic rings. The number of likely N-dealkylation sites (tertiary alicyclic amines) is 1. The van der Waals surface area contributed by atoms with Gasteiger partial charge < -0.3 is 4.90 Å². The van der Waals surface area contributed by atoms with E-state index in [1.165, 1.54) is 39.0 Å². The Morgan fingerprint density at radius 1 is 1.07 bits per heavy atom. The van der Waals surface area contributed by atoms with Crippen LogP contribution >= 0.6 is 0 Å². The maximum absolute atomic E-state index is 2.59. The fourth-order valence-corrected chi connectivity index (χ4v) is 2.28. The van der Waals surface area contributed by atoms with Crippen LogP contribution < -0.4 is 0 Å². The van der Waals surface area contributed by atoms with Crippen molar-refractivity contribution in [1.29, 1.82) is 0 Å². The van der Waals surface area contributed by atoms with Crippen molar-refractivity contribution in [2.75, 3.05) is 46.9 Å². The highest BCUT2D eigenvalue weighted by atomic mass is 15.3. The number of rotatable bonds is 5. The molecule has 0 aromatic heterocycles. The van der Waals surface area contributed by atoms with Crippen LogP contribution in [0.1, 0.15) is 26.7 Å². The summed E-state index contributed by atoms with van der Waals surface area (Å²) in [6.07, 6.45) is 2.66. The largest absolute Gasteiger partial charge is 0.306 e. The lowest BCUT2D eigenvalue weighted by Gasteiger charge is -2.37. The molecule has 0 unspecified atom stereocenters. The molecule has 15 heavy (non-hydrogen) atoms. The molecule has 0 N–H and O–H groups in total. The summed E-state index contributed by atoms with van der Waals surface area (Å²) in [4.78, 5) is 7.46. The van der Waals surface area contributed by atoms with Gasteiger partial charge in [0.1, 0.15) is 0 Å². The molecule has 0 spiro atoms. The summed E-state index contributed by atoms with van der Waals surface area (Å²) in [5, 5.41) is 0. The van der Waals surface area contributed by atoms with Crippen molar-refractivity contribution in [3.63, 3.8) is 0 Å².